The maximum absolute atomic E-state index is 9.50. The van der Waals surface area contributed by atoms with Gasteiger partial charge in [-0.25, -0.2) is 0 Å². The molecule has 0 saturated carbocycles. The summed E-state index contributed by atoms with van der Waals surface area (Å²) < 4.78 is 38.0. The smallest absolute Gasteiger partial charge is 0.289 e. The fraction of sp³-hybridized carbons (Fsp3) is 0. The van der Waals surface area contributed by atoms with Gasteiger partial charge in [0.2, 0.25) is 0 Å². The molecule has 3 radical (unpaired) electrons. The van der Waals surface area contributed by atoms with Crippen LogP contribution >= 0.6 is 0 Å². The minimum absolute atomic E-state index is 0. The molecular weight excluding hydrogens is 157 g/mol. The van der Waals surface area contributed by atoms with Crippen LogP contribution < -0.4 is 0 Å². The zero-order valence-corrected chi connectivity index (χ0v) is 4.04. The monoisotopic (exact) mass is 157 g/mol. The van der Waals surface area contributed by atoms with Gasteiger partial charge in [0.05, 0.1) is 0 Å². The van der Waals surface area contributed by atoms with Gasteiger partial charge in [-0.15, -0.1) is 0 Å². The molecule has 0 N–H and O–H groups in total. The van der Waals surface area contributed by atoms with Crippen molar-refractivity contribution in [1.29, 1.82) is 0 Å². The summed E-state index contributed by atoms with van der Waals surface area (Å²) in [6.45, 7) is 0. The van der Waals surface area contributed by atoms with E-state index in [1.54, 1.807) is 0 Å². The fourth-order valence-electron chi connectivity index (χ4n) is 0. The molecule has 7 heteroatoms. The Labute approximate surface area is 50.5 Å². The molecule has 0 nitrogen and oxygen atoms in total. The van der Waals surface area contributed by atoms with Crippen molar-refractivity contribution in [2.45, 2.75) is 0 Å². The Morgan fingerprint density at radius 2 is 0.714 bits per heavy atom. The SMILES string of the molecule is F[B]F.F[B]F.[Co]. The van der Waals surface area contributed by atoms with Crippen LogP contribution in [0.1, 0.15) is 0 Å². The molecule has 0 aromatic heterocycles. The van der Waals surface area contributed by atoms with Crippen molar-refractivity contribution in [2.75, 3.05) is 0 Å². The largest absolute Gasteiger partial charge is 0.577 e. The van der Waals surface area contributed by atoms with E-state index >= 15 is 0 Å². The number of hydrogen-bond donors (Lipinski definition) is 0. The van der Waals surface area contributed by atoms with Gasteiger partial charge in [-0.1, -0.05) is 0 Å². The van der Waals surface area contributed by atoms with E-state index in [2.05, 4.69) is 0 Å². The van der Waals surface area contributed by atoms with Crippen molar-refractivity contribution in [3.63, 3.8) is 0 Å². The quantitative estimate of drug-likeness (QED) is 0.361. The van der Waals surface area contributed by atoms with E-state index < -0.39 is 15.7 Å². The Morgan fingerprint density at radius 3 is 0.714 bits per heavy atom. The van der Waals surface area contributed by atoms with Gasteiger partial charge < -0.3 is 0 Å². The average Bonchev–Trinajstić information content (AvgIpc) is 1.39. The molecule has 0 rings (SSSR count). The minimum atomic E-state index is -1.00. The van der Waals surface area contributed by atoms with Crippen LogP contribution in [-0.4, -0.2) is 15.7 Å². The second-order valence-electron chi connectivity index (χ2n) is 0.165. The Kier molecular flexibility index (Phi) is 73.5. The first-order valence-electron chi connectivity index (χ1n) is 0.873. The standard InChI is InChI=1S/2BF2.Co/c2*2-1-3;. The molecule has 0 aliphatic rings. The summed E-state index contributed by atoms with van der Waals surface area (Å²) in [7, 11) is -2.00. The third kappa shape index (κ3) is 950. The molecule has 0 unspecified atom stereocenters. The van der Waals surface area contributed by atoms with E-state index in [0.29, 0.717) is 0 Å². The van der Waals surface area contributed by atoms with Gasteiger partial charge in [0.25, 0.3) is 0 Å². The van der Waals surface area contributed by atoms with Gasteiger partial charge in [-0.05, 0) is 0 Å². The van der Waals surface area contributed by atoms with E-state index in [0.717, 1.165) is 0 Å². The van der Waals surface area contributed by atoms with Crippen molar-refractivity contribution in [2.24, 2.45) is 0 Å². The molecule has 0 amide bonds. The van der Waals surface area contributed by atoms with E-state index in [1.165, 1.54) is 0 Å². The van der Waals surface area contributed by atoms with Gasteiger partial charge in [0.1, 0.15) is 0 Å². The Hall–Kier alpha value is 0.356. The number of hydrogen-bond acceptors (Lipinski definition) is 0. The molecule has 0 aliphatic carbocycles. The van der Waals surface area contributed by atoms with E-state index in [-0.39, 0.29) is 16.8 Å². The molecule has 0 saturated heterocycles. The number of rotatable bonds is 0. The van der Waals surface area contributed by atoms with Gasteiger partial charge in [-0.3, -0.25) is 17.3 Å². The van der Waals surface area contributed by atoms with Crippen LogP contribution in [0.25, 0.3) is 0 Å². The van der Waals surface area contributed by atoms with Crippen LogP contribution in [0.15, 0.2) is 0 Å². The summed E-state index contributed by atoms with van der Waals surface area (Å²) in [5.41, 5.74) is 0. The molecule has 43 valence electrons. The zero-order valence-electron chi connectivity index (χ0n) is 3.00. The van der Waals surface area contributed by atoms with E-state index in [1.807, 2.05) is 0 Å². The third-order valence-electron chi connectivity index (χ3n) is 0. The summed E-state index contributed by atoms with van der Waals surface area (Å²) in [6, 6.07) is 0. The van der Waals surface area contributed by atoms with Gasteiger partial charge in [-0.2, -0.15) is 0 Å². The second kappa shape index (κ2) is 32.8. The van der Waals surface area contributed by atoms with Crippen LogP contribution in [0.4, 0.5) is 17.3 Å². The van der Waals surface area contributed by atoms with Crippen LogP contribution in [0.3, 0.4) is 0 Å². The zero-order chi connectivity index (χ0) is 5.41. The molecule has 0 aliphatic heterocycles. The van der Waals surface area contributed by atoms with Crippen LogP contribution in [0.5, 0.6) is 0 Å². The molecule has 0 fully saturated rings. The summed E-state index contributed by atoms with van der Waals surface area (Å²) in [5, 5.41) is 0. The first-order valence-corrected chi connectivity index (χ1v) is 0.873. The van der Waals surface area contributed by atoms with Crippen LogP contribution in [0.2, 0.25) is 0 Å². The first kappa shape index (κ1) is 15.7. The molecule has 0 bridgehead atoms. The van der Waals surface area contributed by atoms with Gasteiger partial charge >= 0.3 is 15.7 Å². The molecule has 0 atom stereocenters. The van der Waals surface area contributed by atoms with Crippen molar-refractivity contribution < 1.29 is 34.0 Å². The topological polar surface area (TPSA) is 0 Å². The van der Waals surface area contributed by atoms with Crippen LogP contribution in [-0.2, 0) is 16.8 Å². The van der Waals surface area contributed by atoms with Crippen molar-refractivity contribution in [3.8, 4) is 0 Å². The maximum atomic E-state index is 9.50. The maximum Gasteiger partial charge on any atom is 0.577 e. The summed E-state index contributed by atoms with van der Waals surface area (Å²) in [5.74, 6) is 0. The average molecular weight is 157 g/mol. The van der Waals surface area contributed by atoms with Crippen molar-refractivity contribution in [3.05, 3.63) is 0 Å². The molecular formula is B2CoF4. The second-order valence-corrected chi connectivity index (χ2v) is 0.165. The Morgan fingerprint density at radius 1 is 0.714 bits per heavy atom. The molecule has 0 spiro atoms. The summed E-state index contributed by atoms with van der Waals surface area (Å²) >= 11 is 0. The minimum Gasteiger partial charge on any atom is -0.289 e. The predicted molar refractivity (Wildman–Crippen MR) is 15.9 cm³/mol. The molecule has 0 aromatic carbocycles. The summed E-state index contributed by atoms with van der Waals surface area (Å²) in [6.07, 6.45) is 0. The first-order chi connectivity index (χ1) is 2.83. The molecule has 0 aromatic rings. The molecule has 0 heterocycles. The van der Waals surface area contributed by atoms with Crippen LogP contribution in [0, 0.1) is 0 Å². The predicted octanol–water partition coefficient (Wildman–Crippen LogP) is 0.917. The van der Waals surface area contributed by atoms with E-state index in [4.69, 9.17) is 0 Å². The van der Waals surface area contributed by atoms with Crippen molar-refractivity contribution >= 4 is 15.7 Å². The van der Waals surface area contributed by atoms with Gasteiger partial charge in [0, 0.05) is 16.8 Å². The number of halogens is 4. The fourth-order valence-corrected chi connectivity index (χ4v) is 0. The van der Waals surface area contributed by atoms with E-state index in [9.17, 15) is 17.3 Å². The molecule has 7 heavy (non-hydrogen) atoms. The Balaban J connectivity index is -0.0000000400. The third-order valence-corrected chi connectivity index (χ3v) is 0. The normalized spacial score (nSPS) is 4.00. The Bertz CT molecular complexity index is 11.7. The van der Waals surface area contributed by atoms with Crippen molar-refractivity contribution in [1.82, 2.24) is 0 Å². The summed E-state index contributed by atoms with van der Waals surface area (Å²) in [4.78, 5) is 0. The van der Waals surface area contributed by atoms with Gasteiger partial charge in [0.15, 0.2) is 0 Å².